The first kappa shape index (κ1) is 14.5. The second-order valence-electron chi connectivity index (χ2n) is 4.26. The van der Waals surface area contributed by atoms with Gasteiger partial charge in [-0.25, -0.2) is 4.79 Å². The van der Waals surface area contributed by atoms with Gasteiger partial charge in [0.2, 0.25) is 5.79 Å². The number of hydrogen-bond donors (Lipinski definition) is 0. The fraction of sp³-hybridized carbons (Fsp3) is 0.500. The van der Waals surface area contributed by atoms with Crippen molar-refractivity contribution in [3.8, 4) is 11.5 Å². The van der Waals surface area contributed by atoms with Gasteiger partial charge in [0, 0.05) is 6.42 Å². The fourth-order valence-corrected chi connectivity index (χ4v) is 1.63. The number of carbonyl (C=O) groups excluding carboxylic acids is 1. The van der Waals surface area contributed by atoms with Crippen LogP contribution in [0.2, 0.25) is 0 Å². The summed E-state index contributed by atoms with van der Waals surface area (Å²) in [6.45, 7) is 2.75. The average Bonchev–Trinajstić information content (AvgIpc) is 3.19. The highest BCUT2D eigenvalue weighted by Crippen LogP contribution is 2.33. The van der Waals surface area contributed by atoms with Crippen molar-refractivity contribution < 1.29 is 28.5 Å². The zero-order chi connectivity index (χ0) is 14.4. The van der Waals surface area contributed by atoms with Crippen LogP contribution in [0.15, 0.2) is 24.3 Å². The van der Waals surface area contributed by atoms with Crippen molar-refractivity contribution in [2.45, 2.75) is 19.1 Å². The number of epoxide rings is 1. The second kappa shape index (κ2) is 6.47. The van der Waals surface area contributed by atoms with E-state index in [0.717, 1.165) is 11.5 Å². The number of hydrogen-bond acceptors (Lipinski definition) is 6. The maximum atomic E-state index is 11.2. The van der Waals surface area contributed by atoms with Crippen molar-refractivity contribution in [1.82, 2.24) is 0 Å². The van der Waals surface area contributed by atoms with E-state index in [9.17, 15) is 4.79 Å². The Hall–Kier alpha value is -1.95. The Bertz CT molecular complexity index is 437. The van der Waals surface area contributed by atoms with Gasteiger partial charge in [0.05, 0.1) is 20.3 Å². The van der Waals surface area contributed by atoms with Crippen molar-refractivity contribution in [3.05, 3.63) is 24.3 Å². The molecule has 1 aromatic carbocycles. The molecule has 6 nitrogen and oxygen atoms in total. The summed E-state index contributed by atoms with van der Waals surface area (Å²) in [4.78, 5) is 11.2. The number of ether oxygens (including phenoxy) is 5. The Balaban J connectivity index is 1.73. The molecule has 0 amide bonds. The molecule has 0 aliphatic carbocycles. The highest BCUT2D eigenvalue weighted by atomic mass is 16.8. The summed E-state index contributed by atoms with van der Waals surface area (Å²) in [5, 5.41) is 0. The van der Waals surface area contributed by atoms with Crippen LogP contribution in [-0.2, 0) is 14.2 Å². The molecule has 2 rings (SSSR count). The quantitative estimate of drug-likeness (QED) is 0.565. The van der Waals surface area contributed by atoms with Gasteiger partial charge in [0.1, 0.15) is 18.1 Å². The molecule has 6 heteroatoms. The first-order valence-corrected chi connectivity index (χ1v) is 6.44. The predicted octanol–water partition coefficient (Wildman–Crippen LogP) is 2.36. The van der Waals surface area contributed by atoms with Crippen LogP contribution in [0, 0.1) is 0 Å². The average molecular weight is 282 g/mol. The maximum absolute atomic E-state index is 11.2. The van der Waals surface area contributed by atoms with Crippen LogP contribution in [0.4, 0.5) is 4.79 Å². The minimum Gasteiger partial charge on any atom is -0.497 e. The highest BCUT2D eigenvalue weighted by molar-refractivity contribution is 5.60. The van der Waals surface area contributed by atoms with Crippen LogP contribution < -0.4 is 9.47 Å². The molecule has 0 radical (unpaired) electrons. The summed E-state index contributed by atoms with van der Waals surface area (Å²) >= 11 is 0. The maximum Gasteiger partial charge on any atom is 0.510 e. The molecule has 110 valence electrons. The SMILES string of the molecule is CCOC(=O)OC1(CCOc2ccc(OC)cc2)CO1. The number of benzene rings is 1. The molecule has 1 aliphatic heterocycles. The molecular weight excluding hydrogens is 264 g/mol. The molecule has 1 atom stereocenters. The Kier molecular flexibility index (Phi) is 4.68. The molecule has 0 spiro atoms. The van der Waals surface area contributed by atoms with E-state index in [4.69, 9.17) is 23.7 Å². The smallest absolute Gasteiger partial charge is 0.497 e. The normalized spacial score (nSPS) is 20.1. The Labute approximate surface area is 117 Å². The first-order valence-electron chi connectivity index (χ1n) is 6.44. The minimum atomic E-state index is -0.876. The molecule has 1 saturated heterocycles. The van der Waals surface area contributed by atoms with Gasteiger partial charge in [-0.3, -0.25) is 0 Å². The Morgan fingerprint density at radius 1 is 1.30 bits per heavy atom. The summed E-state index contributed by atoms with van der Waals surface area (Å²) in [5.74, 6) is 0.612. The van der Waals surface area contributed by atoms with E-state index >= 15 is 0 Å². The van der Waals surface area contributed by atoms with Crippen LogP contribution in [0.1, 0.15) is 13.3 Å². The van der Waals surface area contributed by atoms with Gasteiger partial charge < -0.3 is 23.7 Å². The molecular formula is C14H18O6. The summed E-state index contributed by atoms with van der Waals surface area (Å²) in [6.07, 6.45) is -0.257. The van der Waals surface area contributed by atoms with Crippen molar-refractivity contribution >= 4 is 6.16 Å². The van der Waals surface area contributed by atoms with Gasteiger partial charge in [-0.05, 0) is 31.2 Å². The number of methoxy groups -OCH3 is 1. The Morgan fingerprint density at radius 2 is 1.95 bits per heavy atom. The molecule has 1 aromatic rings. The lowest BCUT2D eigenvalue weighted by atomic mass is 10.3. The zero-order valence-electron chi connectivity index (χ0n) is 11.6. The predicted molar refractivity (Wildman–Crippen MR) is 69.9 cm³/mol. The Morgan fingerprint density at radius 3 is 2.50 bits per heavy atom. The third kappa shape index (κ3) is 4.03. The van der Waals surface area contributed by atoms with Gasteiger partial charge >= 0.3 is 6.16 Å². The van der Waals surface area contributed by atoms with Crippen molar-refractivity contribution in [3.63, 3.8) is 0 Å². The standard InChI is InChI=1S/C14H18O6/c1-3-17-13(15)20-14(10-19-14)8-9-18-12-6-4-11(16-2)5-7-12/h4-7H,3,8-10H2,1-2H3. The zero-order valence-corrected chi connectivity index (χ0v) is 11.6. The van der Waals surface area contributed by atoms with Crippen LogP contribution >= 0.6 is 0 Å². The summed E-state index contributed by atoms with van der Waals surface area (Å²) in [6, 6.07) is 7.25. The largest absolute Gasteiger partial charge is 0.510 e. The summed E-state index contributed by atoms with van der Waals surface area (Å²) in [5.41, 5.74) is 0. The molecule has 1 fully saturated rings. The molecule has 1 unspecified atom stereocenters. The van der Waals surface area contributed by atoms with Crippen LogP contribution in [0.3, 0.4) is 0 Å². The van der Waals surface area contributed by atoms with Gasteiger partial charge in [-0.2, -0.15) is 0 Å². The lowest BCUT2D eigenvalue weighted by molar-refractivity contribution is -0.0419. The monoisotopic (exact) mass is 282 g/mol. The number of rotatable bonds is 7. The third-order valence-corrected chi connectivity index (χ3v) is 2.81. The number of carbonyl (C=O) groups is 1. The molecule has 1 heterocycles. The minimum absolute atomic E-state index is 0.275. The molecule has 0 aromatic heterocycles. The van der Waals surface area contributed by atoms with E-state index in [0.29, 0.717) is 19.6 Å². The molecule has 1 aliphatic rings. The molecule has 0 N–H and O–H groups in total. The fourth-order valence-electron chi connectivity index (χ4n) is 1.63. The third-order valence-electron chi connectivity index (χ3n) is 2.81. The van der Waals surface area contributed by atoms with E-state index < -0.39 is 11.9 Å². The van der Waals surface area contributed by atoms with Crippen molar-refractivity contribution in [1.29, 1.82) is 0 Å². The van der Waals surface area contributed by atoms with E-state index in [-0.39, 0.29) is 6.61 Å². The van der Waals surface area contributed by atoms with E-state index in [2.05, 4.69) is 0 Å². The van der Waals surface area contributed by atoms with Crippen LogP contribution in [0.5, 0.6) is 11.5 Å². The highest BCUT2D eigenvalue weighted by Gasteiger charge is 2.49. The second-order valence-corrected chi connectivity index (χ2v) is 4.26. The van der Waals surface area contributed by atoms with E-state index in [1.807, 2.05) is 24.3 Å². The van der Waals surface area contributed by atoms with Gasteiger partial charge in [-0.15, -0.1) is 0 Å². The molecule has 0 bridgehead atoms. The lowest BCUT2D eigenvalue weighted by Gasteiger charge is -2.13. The van der Waals surface area contributed by atoms with E-state index in [1.165, 1.54) is 0 Å². The lowest BCUT2D eigenvalue weighted by Crippen LogP contribution is -2.24. The van der Waals surface area contributed by atoms with Crippen LogP contribution in [-0.4, -0.2) is 38.9 Å². The van der Waals surface area contributed by atoms with Gasteiger partial charge in [0.15, 0.2) is 0 Å². The molecule has 20 heavy (non-hydrogen) atoms. The summed E-state index contributed by atoms with van der Waals surface area (Å²) < 4.78 is 25.6. The summed E-state index contributed by atoms with van der Waals surface area (Å²) in [7, 11) is 1.61. The van der Waals surface area contributed by atoms with Crippen molar-refractivity contribution in [2.75, 3.05) is 26.9 Å². The van der Waals surface area contributed by atoms with Gasteiger partial charge in [-0.1, -0.05) is 0 Å². The van der Waals surface area contributed by atoms with Crippen molar-refractivity contribution in [2.24, 2.45) is 0 Å². The van der Waals surface area contributed by atoms with E-state index in [1.54, 1.807) is 14.0 Å². The van der Waals surface area contributed by atoms with Gasteiger partial charge in [0.25, 0.3) is 0 Å². The topological polar surface area (TPSA) is 66.5 Å². The first-order chi connectivity index (χ1) is 9.67. The molecule has 0 saturated carbocycles. The van der Waals surface area contributed by atoms with Crippen LogP contribution in [0.25, 0.3) is 0 Å².